The summed E-state index contributed by atoms with van der Waals surface area (Å²) in [6.45, 7) is 5.29. The van der Waals surface area contributed by atoms with E-state index in [0.29, 0.717) is 6.54 Å². The molecule has 0 aliphatic carbocycles. The fraction of sp³-hybridized carbons (Fsp3) is 0.444. The Balaban J connectivity index is 0.000000310. The Bertz CT molecular complexity index is 234. The first-order valence-electron chi connectivity index (χ1n) is 3.99. The third-order valence-electron chi connectivity index (χ3n) is 1.22. The molecule has 0 fully saturated rings. The first-order chi connectivity index (χ1) is 5.99. The Kier molecular flexibility index (Phi) is 4.66. The van der Waals surface area contributed by atoms with E-state index < -0.39 is 0 Å². The first kappa shape index (κ1) is 11.6. The van der Waals surface area contributed by atoms with Crippen LogP contribution in [0.1, 0.15) is 20.8 Å². The monoisotopic (exact) mass is 183 g/mol. The summed E-state index contributed by atoms with van der Waals surface area (Å²) >= 11 is 0. The van der Waals surface area contributed by atoms with Gasteiger partial charge in [0.05, 0.1) is 0 Å². The molecule has 0 aromatic heterocycles. The number of likely N-dealkylation sites (N-methyl/N-ethyl adjacent to an activating group) is 1. The van der Waals surface area contributed by atoms with Gasteiger partial charge in [0, 0.05) is 18.7 Å². The molecule has 4 heteroatoms. The summed E-state index contributed by atoms with van der Waals surface area (Å²) in [5.41, 5.74) is 0. The van der Waals surface area contributed by atoms with Gasteiger partial charge >= 0.3 is 0 Å². The molecule has 1 rings (SSSR count). The minimum absolute atomic E-state index is 0.167. The Morgan fingerprint density at radius 2 is 1.54 bits per heavy atom. The average Bonchev–Trinajstić information content (AvgIpc) is 2.30. The molecular weight excluding hydrogens is 170 g/mol. The average molecular weight is 183 g/mol. The molecule has 13 heavy (non-hydrogen) atoms. The maximum absolute atomic E-state index is 10.6. The number of imide groups is 1. The van der Waals surface area contributed by atoms with Crippen molar-refractivity contribution in [2.75, 3.05) is 6.54 Å². The second-order valence-corrected chi connectivity index (χ2v) is 2.66. The third-order valence-corrected chi connectivity index (χ3v) is 1.22. The fourth-order valence-electron chi connectivity index (χ4n) is 0.743. The van der Waals surface area contributed by atoms with E-state index in [1.54, 1.807) is 6.92 Å². The summed E-state index contributed by atoms with van der Waals surface area (Å²) in [5, 5.41) is 0. The maximum atomic E-state index is 10.6. The summed E-state index contributed by atoms with van der Waals surface area (Å²) in [6, 6.07) is 0. The topological polar surface area (TPSA) is 54.5 Å². The number of carbonyl (C=O) groups excluding carboxylic acids is 3. The Hall–Kier alpha value is -1.45. The van der Waals surface area contributed by atoms with Crippen LogP contribution in [-0.2, 0) is 14.4 Å². The van der Waals surface area contributed by atoms with Crippen LogP contribution in [0.5, 0.6) is 0 Å². The molecule has 1 aliphatic rings. The number of ketones is 1. The van der Waals surface area contributed by atoms with Gasteiger partial charge in [-0.25, -0.2) is 0 Å². The second-order valence-electron chi connectivity index (χ2n) is 2.66. The highest BCUT2D eigenvalue weighted by Gasteiger charge is 2.20. The van der Waals surface area contributed by atoms with Crippen molar-refractivity contribution in [3.63, 3.8) is 0 Å². The van der Waals surface area contributed by atoms with Crippen molar-refractivity contribution >= 4 is 17.6 Å². The van der Waals surface area contributed by atoms with E-state index >= 15 is 0 Å². The van der Waals surface area contributed by atoms with Crippen LogP contribution in [0, 0.1) is 0 Å². The van der Waals surface area contributed by atoms with Gasteiger partial charge in [-0.1, -0.05) is 0 Å². The van der Waals surface area contributed by atoms with E-state index in [0.717, 1.165) is 0 Å². The van der Waals surface area contributed by atoms with Crippen molar-refractivity contribution < 1.29 is 14.4 Å². The SMILES string of the molecule is CC(C)=O.CCN1C(=O)C=CC1=O. The number of Topliss-reactive ketones (excluding diaryl/α,β-unsaturated/α-hetero) is 1. The number of hydrogen-bond acceptors (Lipinski definition) is 3. The van der Waals surface area contributed by atoms with Crippen molar-refractivity contribution in [1.82, 2.24) is 4.90 Å². The van der Waals surface area contributed by atoms with Crippen molar-refractivity contribution in [3.05, 3.63) is 12.2 Å². The summed E-state index contributed by atoms with van der Waals surface area (Å²) in [7, 11) is 0. The molecule has 0 aromatic rings. The standard InChI is InChI=1S/C6H7NO2.C3H6O/c1-2-7-5(8)3-4-6(7)9;1-3(2)4/h3-4H,2H2,1H3;1-2H3. The summed E-state index contributed by atoms with van der Waals surface area (Å²) in [6.07, 6.45) is 2.57. The molecule has 0 saturated carbocycles. The van der Waals surface area contributed by atoms with Gasteiger partial charge in [-0.3, -0.25) is 14.5 Å². The van der Waals surface area contributed by atoms with Gasteiger partial charge in [-0.15, -0.1) is 0 Å². The van der Waals surface area contributed by atoms with Crippen LogP contribution >= 0.6 is 0 Å². The van der Waals surface area contributed by atoms with Crippen LogP contribution in [0.4, 0.5) is 0 Å². The van der Waals surface area contributed by atoms with E-state index in [1.807, 2.05) is 0 Å². The van der Waals surface area contributed by atoms with Gasteiger partial charge in [0.15, 0.2) is 0 Å². The highest BCUT2D eigenvalue weighted by Crippen LogP contribution is 2.00. The second kappa shape index (κ2) is 5.24. The maximum Gasteiger partial charge on any atom is 0.253 e. The number of carbonyl (C=O) groups is 3. The summed E-state index contributed by atoms with van der Waals surface area (Å²) in [4.78, 5) is 31.9. The third kappa shape index (κ3) is 4.20. The van der Waals surface area contributed by atoms with Crippen LogP contribution in [-0.4, -0.2) is 29.0 Å². The minimum atomic E-state index is -0.206. The zero-order valence-corrected chi connectivity index (χ0v) is 8.03. The van der Waals surface area contributed by atoms with E-state index in [-0.39, 0.29) is 17.6 Å². The molecule has 72 valence electrons. The van der Waals surface area contributed by atoms with Gasteiger partial charge in [0.2, 0.25) is 0 Å². The van der Waals surface area contributed by atoms with Crippen LogP contribution in [0.15, 0.2) is 12.2 Å². The highest BCUT2D eigenvalue weighted by molar-refractivity contribution is 6.12. The Labute approximate surface area is 77.2 Å². The molecule has 0 N–H and O–H groups in total. The normalized spacial score (nSPS) is 14.2. The van der Waals surface area contributed by atoms with Gasteiger partial charge in [-0.2, -0.15) is 0 Å². The molecule has 0 spiro atoms. The molecule has 4 nitrogen and oxygen atoms in total. The quantitative estimate of drug-likeness (QED) is 0.557. The van der Waals surface area contributed by atoms with E-state index in [4.69, 9.17) is 0 Å². The Morgan fingerprint density at radius 3 is 1.69 bits per heavy atom. The number of amides is 2. The molecule has 0 unspecified atom stereocenters. The molecule has 0 atom stereocenters. The molecule has 0 radical (unpaired) electrons. The molecule has 1 heterocycles. The summed E-state index contributed by atoms with van der Waals surface area (Å²) < 4.78 is 0. The predicted octanol–water partition coefficient (Wildman–Crippen LogP) is 0.527. The van der Waals surface area contributed by atoms with E-state index in [2.05, 4.69) is 0 Å². The molecule has 0 saturated heterocycles. The molecule has 2 amide bonds. The smallest absolute Gasteiger partial charge is 0.253 e. The van der Waals surface area contributed by atoms with Crippen LogP contribution in [0.25, 0.3) is 0 Å². The zero-order chi connectivity index (χ0) is 10.4. The lowest BCUT2D eigenvalue weighted by atomic mass is 10.5. The van der Waals surface area contributed by atoms with Crippen LogP contribution in [0.3, 0.4) is 0 Å². The van der Waals surface area contributed by atoms with Gasteiger partial charge < -0.3 is 4.79 Å². The largest absolute Gasteiger partial charge is 0.300 e. The summed E-state index contributed by atoms with van der Waals surface area (Å²) in [5.74, 6) is -0.245. The molecule has 0 bridgehead atoms. The molecule has 1 aliphatic heterocycles. The highest BCUT2D eigenvalue weighted by atomic mass is 16.2. The first-order valence-corrected chi connectivity index (χ1v) is 3.99. The van der Waals surface area contributed by atoms with Crippen LogP contribution < -0.4 is 0 Å². The van der Waals surface area contributed by atoms with E-state index in [1.165, 1.54) is 30.9 Å². The van der Waals surface area contributed by atoms with Gasteiger partial charge in [0.1, 0.15) is 5.78 Å². The van der Waals surface area contributed by atoms with Gasteiger partial charge in [-0.05, 0) is 20.8 Å². The van der Waals surface area contributed by atoms with Crippen molar-refractivity contribution in [3.8, 4) is 0 Å². The minimum Gasteiger partial charge on any atom is -0.300 e. The molecular formula is C9H13NO3. The number of rotatable bonds is 1. The number of nitrogens with zero attached hydrogens (tertiary/aromatic N) is 1. The number of hydrogen-bond donors (Lipinski definition) is 0. The zero-order valence-electron chi connectivity index (χ0n) is 8.03. The van der Waals surface area contributed by atoms with Crippen molar-refractivity contribution in [2.45, 2.75) is 20.8 Å². The Morgan fingerprint density at radius 1 is 1.23 bits per heavy atom. The lowest BCUT2D eigenvalue weighted by molar-refractivity contribution is -0.136. The van der Waals surface area contributed by atoms with Gasteiger partial charge in [0.25, 0.3) is 11.8 Å². The van der Waals surface area contributed by atoms with Crippen molar-refractivity contribution in [2.24, 2.45) is 0 Å². The van der Waals surface area contributed by atoms with E-state index in [9.17, 15) is 14.4 Å². The van der Waals surface area contributed by atoms with Crippen LogP contribution in [0.2, 0.25) is 0 Å². The van der Waals surface area contributed by atoms with Crippen molar-refractivity contribution in [1.29, 1.82) is 0 Å². The predicted molar refractivity (Wildman–Crippen MR) is 47.9 cm³/mol. The lowest BCUT2D eigenvalue weighted by Gasteiger charge is -2.08. The molecule has 0 aromatic carbocycles. The fourth-order valence-corrected chi connectivity index (χ4v) is 0.743. The lowest BCUT2D eigenvalue weighted by Crippen LogP contribution is -2.29.